The van der Waals surface area contributed by atoms with Crippen molar-refractivity contribution in [2.45, 2.75) is 63.7 Å². The number of ether oxygens (including phenoxy) is 1. The van der Waals surface area contributed by atoms with E-state index in [9.17, 15) is 8.42 Å². The lowest BCUT2D eigenvalue weighted by Crippen LogP contribution is -2.64. The Morgan fingerprint density at radius 2 is 1.84 bits per heavy atom. The molecule has 1 N–H and O–H groups in total. The molecule has 1 aliphatic carbocycles. The standard InChI is InChI=1S/C14H25NO3S/c1-13(2)4-6-14(7-5-13)10-15-11-9-19(16,17)8-3-12(11)18-14/h11-12,15H,3-10H2,1-2H3. The van der Waals surface area contributed by atoms with Gasteiger partial charge in [-0.2, -0.15) is 0 Å². The first kappa shape index (κ1) is 13.8. The van der Waals surface area contributed by atoms with Gasteiger partial charge in [-0.25, -0.2) is 8.42 Å². The summed E-state index contributed by atoms with van der Waals surface area (Å²) in [5, 5.41) is 3.46. The molecule has 0 aromatic rings. The zero-order valence-corrected chi connectivity index (χ0v) is 12.8. The molecule has 2 saturated heterocycles. The van der Waals surface area contributed by atoms with Gasteiger partial charge in [0.25, 0.3) is 0 Å². The fourth-order valence-electron chi connectivity index (χ4n) is 3.65. The van der Waals surface area contributed by atoms with Gasteiger partial charge in [-0.1, -0.05) is 13.8 Å². The topological polar surface area (TPSA) is 55.4 Å². The third-order valence-corrected chi connectivity index (χ3v) is 6.92. The highest BCUT2D eigenvalue weighted by Gasteiger charge is 2.47. The predicted octanol–water partition coefficient (Wildman–Crippen LogP) is 1.50. The van der Waals surface area contributed by atoms with Gasteiger partial charge in [-0.15, -0.1) is 0 Å². The predicted molar refractivity (Wildman–Crippen MR) is 74.9 cm³/mol. The molecule has 0 bridgehead atoms. The molecule has 1 saturated carbocycles. The molecule has 19 heavy (non-hydrogen) atoms. The Morgan fingerprint density at radius 3 is 2.53 bits per heavy atom. The van der Waals surface area contributed by atoms with Crippen molar-refractivity contribution in [3.63, 3.8) is 0 Å². The van der Waals surface area contributed by atoms with E-state index in [1.807, 2.05) is 0 Å². The first-order valence-corrected chi connectivity index (χ1v) is 9.23. The lowest BCUT2D eigenvalue weighted by molar-refractivity contribution is -0.159. The van der Waals surface area contributed by atoms with Gasteiger partial charge in [0, 0.05) is 12.6 Å². The summed E-state index contributed by atoms with van der Waals surface area (Å²) >= 11 is 0. The average Bonchev–Trinajstić information content (AvgIpc) is 2.33. The van der Waals surface area contributed by atoms with Gasteiger partial charge in [-0.3, -0.25) is 0 Å². The van der Waals surface area contributed by atoms with E-state index in [4.69, 9.17) is 4.74 Å². The van der Waals surface area contributed by atoms with Crippen LogP contribution in [0.15, 0.2) is 0 Å². The van der Waals surface area contributed by atoms with E-state index in [-0.39, 0.29) is 29.3 Å². The Kier molecular flexibility index (Phi) is 3.23. The lowest BCUT2D eigenvalue weighted by atomic mass is 9.70. The van der Waals surface area contributed by atoms with Crippen LogP contribution >= 0.6 is 0 Å². The van der Waals surface area contributed by atoms with Crippen LogP contribution < -0.4 is 5.32 Å². The van der Waals surface area contributed by atoms with Crippen molar-refractivity contribution in [1.29, 1.82) is 0 Å². The molecule has 4 nitrogen and oxygen atoms in total. The van der Waals surface area contributed by atoms with E-state index < -0.39 is 9.84 Å². The summed E-state index contributed by atoms with van der Waals surface area (Å²) in [4.78, 5) is 0. The number of hydrogen-bond donors (Lipinski definition) is 1. The summed E-state index contributed by atoms with van der Waals surface area (Å²) in [6, 6.07) is 0.0133. The Balaban J connectivity index is 1.67. The van der Waals surface area contributed by atoms with Crippen LogP contribution in [0.5, 0.6) is 0 Å². The fourth-order valence-corrected chi connectivity index (χ4v) is 5.29. The van der Waals surface area contributed by atoms with Crippen molar-refractivity contribution in [3.8, 4) is 0 Å². The first-order valence-electron chi connectivity index (χ1n) is 7.41. The highest BCUT2D eigenvalue weighted by Crippen LogP contribution is 2.44. The largest absolute Gasteiger partial charge is 0.369 e. The molecule has 3 fully saturated rings. The molecule has 3 rings (SSSR count). The minimum Gasteiger partial charge on any atom is -0.369 e. The van der Waals surface area contributed by atoms with Gasteiger partial charge in [0.05, 0.1) is 23.2 Å². The zero-order valence-electron chi connectivity index (χ0n) is 11.9. The van der Waals surface area contributed by atoms with Crippen molar-refractivity contribution in [2.24, 2.45) is 5.41 Å². The summed E-state index contributed by atoms with van der Waals surface area (Å²) in [6.45, 7) is 5.47. The van der Waals surface area contributed by atoms with E-state index in [1.54, 1.807) is 0 Å². The van der Waals surface area contributed by atoms with Crippen molar-refractivity contribution in [2.75, 3.05) is 18.1 Å². The third kappa shape index (κ3) is 2.83. The summed E-state index contributed by atoms with van der Waals surface area (Å²) in [5.74, 6) is 0.538. The minimum atomic E-state index is -2.86. The van der Waals surface area contributed by atoms with Gasteiger partial charge in [0.1, 0.15) is 0 Å². The fraction of sp³-hybridized carbons (Fsp3) is 1.00. The lowest BCUT2D eigenvalue weighted by Gasteiger charge is -2.51. The summed E-state index contributed by atoms with van der Waals surface area (Å²) < 4.78 is 29.7. The highest BCUT2D eigenvalue weighted by atomic mass is 32.2. The number of hydrogen-bond acceptors (Lipinski definition) is 4. The van der Waals surface area contributed by atoms with Crippen LogP contribution in [0, 0.1) is 5.41 Å². The smallest absolute Gasteiger partial charge is 0.152 e. The molecule has 0 aromatic heterocycles. The zero-order chi connectivity index (χ0) is 13.7. The van der Waals surface area contributed by atoms with Crippen LogP contribution in [-0.4, -0.2) is 44.2 Å². The van der Waals surface area contributed by atoms with E-state index in [1.165, 1.54) is 12.8 Å². The van der Waals surface area contributed by atoms with Gasteiger partial charge >= 0.3 is 0 Å². The molecule has 0 aromatic carbocycles. The number of nitrogens with one attached hydrogen (secondary N) is 1. The number of morpholine rings is 1. The van der Waals surface area contributed by atoms with E-state index in [2.05, 4.69) is 19.2 Å². The summed E-state index contributed by atoms with van der Waals surface area (Å²) in [6.07, 6.45) is 5.35. The first-order chi connectivity index (χ1) is 8.79. The maximum Gasteiger partial charge on any atom is 0.152 e. The molecule has 2 aliphatic heterocycles. The molecule has 5 heteroatoms. The Hall–Kier alpha value is -0.130. The second-order valence-electron chi connectivity index (χ2n) is 7.39. The van der Waals surface area contributed by atoms with Crippen LogP contribution in [0.2, 0.25) is 0 Å². The average molecular weight is 287 g/mol. The molecule has 1 spiro atoms. The highest BCUT2D eigenvalue weighted by molar-refractivity contribution is 7.91. The summed E-state index contributed by atoms with van der Waals surface area (Å²) in [7, 11) is -2.86. The second kappa shape index (κ2) is 4.43. The minimum absolute atomic E-state index is 0.0133. The van der Waals surface area contributed by atoms with Crippen molar-refractivity contribution >= 4 is 9.84 Å². The monoisotopic (exact) mass is 287 g/mol. The van der Waals surface area contributed by atoms with Gasteiger partial charge < -0.3 is 10.1 Å². The molecular formula is C14H25NO3S. The van der Waals surface area contributed by atoms with Crippen LogP contribution in [-0.2, 0) is 14.6 Å². The second-order valence-corrected chi connectivity index (χ2v) is 9.62. The third-order valence-electron chi connectivity index (χ3n) is 5.20. The number of fused-ring (bicyclic) bond motifs is 1. The Bertz CT molecular complexity index is 447. The number of sulfone groups is 1. The summed E-state index contributed by atoms with van der Waals surface area (Å²) in [5.41, 5.74) is 0.402. The van der Waals surface area contributed by atoms with Crippen molar-refractivity contribution in [3.05, 3.63) is 0 Å². The quantitative estimate of drug-likeness (QED) is 0.733. The normalized spacial score (nSPS) is 39.7. The van der Waals surface area contributed by atoms with Gasteiger partial charge in [0.15, 0.2) is 9.84 Å². The van der Waals surface area contributed by atoms with E-state index in [0.717, 1.165) is 19.4 Å². The molecule has 2 unspecified atom stereocenters. The maximum atomic E-state index is 11.7. The van der Waals surface area contributed by atoms with Crippen molar-refractivity contribution in [1.82, 2.24) is 5.32 Å². The molecule has 0 amide bonds. The maximum absolute atomic E-state index is 11.7. The number of rotatable bonds is 0. The molecular weight excluding hydrogens is 262 g/mol. The van der Waals surface area contributed by atoms with Crippen LogP contribution in [0.1, 0.15) is 46.0 Å². The van der Waals surface area contributed by atoms with E-state index in [0.29, 0.717) is 11.8 Å². The van der Waals surface area contributed by atoms with Gasteiger partial charge in [-0.05, 0) is 37.5 Å². The van der Waals surface area contributed by atoms with Crippen LogP contribution in [0.4, 0.5) is 0 Å². The van der Waals surface area contributed by atoms with Crippen LogP contribution in [0.25, 0.3) is 0 Å². The SMILES string of the molecule is CC1(C)CCC2(CC1)CNC1CS(=O)(=O)CCC1O2. The van der Waals surface area contributed by atoms with Gasteiger partial charge in [0.2, 0.25) is 0 Å². The Morgan fingerprint density at radius 1 is 1.16 bits per heavy atom. The van der Waals surface area contributed by atoms with E-state index >= 15 is 0 Å². The molecule has 110 valence electrons. The Labute approximate surface area is 116 Å². The van der Waals surface area contributed by atoms with Crippen LogP contribution in [0.3, 0.4) is 0 Å². The molecule has 2 atom stereocenters. The molecule has 2 heterocycles. The molecule has 3 aliphatic rings. The molecule has 0 radical (unpaired) electrons. The van der Waals surface area contributed by atoms with Crippen molar-refractivity contribution < 1.29 is 13.2 Å².